The standard InChI is InChI=1S/C13H15NO3/c15-11(16)12(5-3-6-12)13(8-17-9-13)10-4-1-2-7-14-10/h1-2,4,7H,3,5-6,8-9H2,(H,15,16). The number of aliphatic carboxylic acids is 1. The van der Waals surface area contributed by atoms with Gasteiger partial charge in [-0.05, 0) is 25.0 Å². The van der Waals surface area contributed by atoms with Crippen LogP contribution in [0.15, 0.2) is 24.4 Å². The molecule has 1 aliphatic carbocycles. The van der Waals surface area contributed by atoms with Gasteiger partial charge in [-0.15, -0.1) is 0 Å². The lowest BCUT2D eigenvalue weighted by Gasteiger charge is -2.56. The molecule has 0 bridgehead atoms. The van der Waals surface area contributed by atoms with Gasteiger partial charge in [-0.2, -0.15) is 0 Å². The number of aromatic nitrogens is 1. The number of rotatable bonds is 3. The maximum absolute atomic E-state index is 11.6. The van der Waals surface area contributed by atoms with Crippen LogP contribution in [0.5, 0.6) is 0 Å². The van der Waals surface area contributed by atoms with Crippen LogP contribution in [0.1, 0.15) is 25.0 Å². The van der Waals surface area contributed by atoms with E-state index in [0.717, 1.165) is 25.0 Å². The van der Waals surface area contributed by atoms with Crippen LogP contribution in [0.2, 0.25) is 0 Å². The Morgan fingerprint density at radius 2 is 2.12 bits per heavy atom. The predicted molar refractivity (Wildman–Crippen MR) is 60.7 cm³/mol. The van der Waals surface area contributed by atoms with Crippen LogP contribution in [0, 0.1) is 5.41 Å². The summed E-state index contributed by atoms with van der Waals surface area (Å²) in [5.41, 5.74) is -0.189. The number of carboxylic acids is 1. The van der Waals surface area contributed by atoms with E-state index in [2.05, 4.69) is 4.98 Å². The summed E-state index contributed by atoms with van der Waals surface area (Å²) in [5, 5.41) is 9.56. The van der Waals surface area contributed by atoms with E-state index in [4.69, 9.17) is 4.74 Å². The van der Waals surface area contributed by atoms with Gasteiger partial charge in [0.2, 0.25) is 0 Å². The summed E-state index contributed by atoms with van der Waals surface area (Å²) >= 11 is 0. The zero-order valence-corrected chi connectivity index (χ0v) is 9.56. The molecule has 1 aliphatic heterocycles. The molecule has 1 N–H and O–H groups in total. The van der Waals surface area contributed by atoms with E-state index < -0.39 is 16.8 Å². The third-order valence-electron chi connectivity index (χ3n) is 4.38. The van der Waals surface area contributed by atoms with Gasteiger partial charge in [0.1, 0.15) is 0 Å². The first kappa shape index (κ1) is 10.7. The Morgan fingerprint density at radius 1 is 1.35 bits per heavy atom. The van der Waals surface area contributed by atoms with E-state index in [0.29, 0.717) is 13.2 Å². The Balaban J connectivity index is 2.06. The van der Waals surface area contributed by atoms with Crippen LogP contribution in [0.25, 0.3) is 0 Å². The Morgan fingerprint density at radius 3 is 2.47 bits per heavy atom. The Labute approximate surface area is 99.6 Å². The zero-order valence-electron chi connectivity index (χ0n) is 9.56. The van der Waals surface area contributed by atoms with E-state index in [-0.39, 0.29) is 0 Å². The number of hydrogen-bond acceptors (Lipinski definition) is 3. The molecule has 2 heterocycles. The zero-order chi connectivity index (χ0) is 11.9. The topological polar surface area (TPSA) is 59.4 Å². The third-order valence-corrected chi connectivity index (χ3v) is 4.38. The predicted octanol–water partition coefficient (Wildman–Crippen LogP) is 1.60. The highest BCUT2D eigenvalue weighted by Gasteiger charge is 2.65. The Bertz CT molecular complexity index is 435. The van der Waals surface area contributed by atoms with Crippen molar-refractivity contribution in [2.45, 2.75) is 24.7 Å². The SMILES string of the molecule is O=C(O)C1(C2(c3ccccn3)COC2)CCC1. The van der Waals surface area contributed by atoms with Gasteiger partial charge in [0.25, 0.3) is 0 Å². The number of pyridine rings is 1. The molecule has 0 spiro atoms. The summed E-state index contributed by atoms with van der Waals surface area (Å²) < 4.78 is 5.32. The molecule has 4 nitrogen and oxygen atoms in total. The second kappa shape index (κ2) is 3.53. The van der Waals surface area contributed by atoms with E-state index >= 15 is 0 Å². The normalized spacial score (nSPS) is 24.5. The molecule has 0 atom stereocenters. The molecular formula is C13H15NO3. The molecule has 1 aromatic heterocycles. The second-order valence-corrected chi connectivity index (χ2v) is 5.03. The molecule has 1 saturated carbocycles. The number of ether oxygens (including phenoxy) is 1. The van der Waals surface area contributed by atoms with Crippen molar-refractivity contribution in [2.24, 2.45) is 5.41 Å². The van der Waals surface area contributed by atoms with Crippen molar-refractivity contribution >= 4 is 5.97 Å². The fraction of sp³-hybridized carbons (Fsp3) is 0.538. The molecule has 1 saturated heterocycles. The number of nitrogens with zero attached hydrogens (tertiary/aromatic N) is 1. The number of carbonyl (C=O) groups is 1. The maximum atomic E-state index is 11.6. The minimum Gasteiger partial charge on any atom is -0.481 e. The molecule has 0 radical (unpaired) electrons. The Kier molecular flexibility index (Phi) is 2.23. The highest BCUT2D eigenvalue weighted by molar-refractivity contribution is 5.78. The van der Waals surface area contributed by atoms with Crippen molar-refractivity contribution < 1.29 is 14.6 Å². The summed E-state index contributed by atoms with van der Waals surface area (Å²) in [4.78, 5) is 16.0. The fourth-order valence-corrected chi connectivity index (χ4v) is 3.05. The van der Waals surface area contributed by atoms with Crippen molar-refractivity contribution in [1.29, 1.82) is 0 Å². The third kappa shape index (κ3) is 1.21. The van der Waals surface area contributed by atoms with Gasteiger partial charge in [0.05, 0.1) is 29.7 Å². The van der Waals surface area contributed by atoms with Gasteiger partial charge in [-0.25, -0.2) is 0 Å². The van der Waals surface area contributed by atoms with Crippen LogP contribution in [0.3, 0.4) is 0 Å². The summed E-state index contributed by atoms with van der Waals surface area (Å²) in [5.74, 6) is -0.697. The first-order valence-corrected chi connectivity index (χ1v) is 5.94. The van der Waals surface area contributed by atoms with Crippen LogP contribution >= 0.6 is 0 Å². The maximum Gasteiger partial charge on any atom is 0.310 e. The minimum absolute atomic E-state index is 0.404. The van der Waals surface area contributed by atoms with Crippen LogP contribution < -0.4 is 0 Å². The lowest BCUT2D eigenvalue weighted by molar-refractivity contribution is -0.193. The van der Waals surface area contributed by atoms with Gasteiger partial charge in [-0.3, -0.25) is 9.78 Å². The molecule has 0 amide bonds. The second-order valence-electron chi connectivity index (χ2n) is 5.03. The number of carboxylic acid groups (broad SMARTS) is 1. The molecule has 3 rings (SSSR count). The van der Waals surface area contributed by atoms with Crippen LogP contribution in [-0.4, -0.2) is 29.3 Å². The average molecular weight is 233 g/mol. The molecule has 17 heavy (non-hydrogen) atoms. The molecule has 2 aliphatic rings. The first-order chi connectivity index (χ1) is 8.21. The van der Waals surface area contributed by atoms with Crippen LogP contribution in [-0.2, 0) is 14.9 Å². The monoisotopic (exact) mass is 233 g/mol. The summed E-state index contributed by atoms with van der Waals surface area (Å²) in [7, 11) is 0. The van der Waals surface area contributed by atoms with Crippen LogP contribution in [0.4, 0.5) is 0 Å². The van der Waals surface area contributed by atoms with E-state index in [1.54, 1.807) is 6.20 Å². The molecular weight excluding hydrogens is 218 g/mol. The summed E-state index contributed by atoms with van der Waals surface area (Å²) in [6.07, 6.45) is 4.19. The first-order valence-electron chi connectivity index (χ1n) is 5.94. The summed E-state index contributed by atoms with van der Waals surface area (Å²) in [6.45, 7) is 0.965. The molecule has 0 aromatic carbocycles. The van der Waals surface area contributed by atoms with Gasteiger partial charge in [0.15, 0.2) is 0 Å². The fourth-order valence-electron chi connectivity index (χ4n) is 3.05. The van der Waals surface area contributed by atoms with Gasteiger partial charge in [-0.1, -0.05) is 12.5 Å². The minimum atomic E-state index is -0.697. The lowest BCUT2D eigenvalue weighted by Crippen LogP contribution is -2.65. The molecule has 0 unspecified atom stereocenters. The van der Waals surface area contributed by atoms with Crippen molar-refractivity contribution in [2.75, 3.05) is 13.2 Å². The molecule has 1 aromatic rings. The number of hydrogen-bond donors (Lipinski definition) is 1. The lowest BCUT2D eigenvalue weighted by atomic mass is 9.50. The van der Waals surface area contributed by atoms with E-state index in [9.17, 15) is 9.90 Å². The van der Waals surface area contributed by atoms with E-state index in [1.165, 1.54) is 0 Å². The van der Waals surface area contributed by atoms with Gasteiger partial charge in [0, 0.05) is 6.20 Å². The van der Waals surface area contributed by atoms with E-state index in [1.807, 2.05) is 18.2 Å². The highest BCUT2D eigenvalue weighted by atomic mass is 16.5. The molecule has 90 valence electrons. The van der Waals surface area contributed by atoms with Gasteiger partial charge >= 0.3 is 5.97 Å². The smallest absolute Gasteiger partial charge is 0.310 e. The largest absolute Gasteiger partial charge is 0.481 e. The van der Waals surface area contributed by atoms with Crippen molar-refractivity contribution in [3.05, 3.63) is 30.1 Å². The quantitative estimate of drug-likeness (QED) is 0.861. The van der Waals surface area contributed by atoms with Crippen molar-refractivity contribution in [1.82, 2.24) is 4.98 Å². The summed E-state index contributed by atoms with van der Waals surface area (Å²) in [6, 6.07) is 5.69. The molecule has 2 fully saturated rings. The van der Waals surface area contributed by atoms with Crippen molar-refractivity contribution in [3.8, 4) is 0 Å². The molecule has 4 heteroatoms. The Hall–Kier alpha value is -1.42. The van der Waals surface area contributed by atoms with Crippen molar-refractivity contribution in [3.63, 3.8) is 0 Å². The van der Waals surface area contributed by atoms with Gasteiger partial charge < -0.3 is 9.84 Å². The average Bonchev–Trinajstić information content (AvgIpc) is 2.21. The highest BCUT2D eigenvalue weighted by Crippen LogP contribution is 2.58.